The SMILES string of the molecule is Cc1nn(Cc2ccccc2)c(C)c1CNC(=O)CCN1C(=O)NC2(CCCC2)C1=O. The molecule has 2 N–H and O–H groups in total. The second kappa shape index (κ2) is 8.53. The molecule has 2 heterocycles. The van der Waals surface area contributed by atoms with Gasteiger partial charge in [0, 0.05) is 30.8 Å². The van der Waals surface area contributed by atoms with Crippen molar-refractivity contribution in [3.05, 3.63) is 52.8 Å². The van der Waals surface area contributed by atoms with Crippen LogP contribution in [0.15, 0.2) is 30.3 Å². The van der Waals surface area contributed by atoms with Gasteiger partial charge in [0.25, 0.3) is 5.91 Å². The van der Waals surface area contributed by atoms with E-state index in [4.69, 9.17) is 0 Å². The standard InChI is InChI=1S/C23H29N5O3/c1-16-19(17(2)28(26-16)15-18-8-4-3-5-9-18)14-24-20(29)10-13-27-21(30)23(25-22(27)31)11-6-7-12-23/h3-5,8-9H,6-7,10-15H2,1-2H3,(H,24,29)(H,25,31). The van der Waals surface area contributed by atoms with Gasteiger partial charge < -0.3 is 10.6 Å². The molecule has 0 atom stereocenters. The Morgan fingerprint density at radius 2 is 1.87 bits per heavy atom. The predicted molar refractivity (Wildman–Crippen MR) is 115 cm³/mol. The highest BCUT2D eigenvalue weighted by atomic mass is 16.2. The molecule has 8 heteroatoms. The first-order valence-corrected chi connectivity index (χ1v) is 10.9. The van der Waals surface area contributed by atoms with Crippen LogP contribution >= 0.6 is 0 Å². The van der Waals surface area contributed by atoms with Crippen molar-refractivity contribution in [2.24, 2.45) is 0 Å². The van der Waals surface area contributed by atoms with Gasteiger partial charge >= 0.3 is 6.03 Å². The van der Waals surface area contributed by atoms with Gasteiger partial charge in [-0.25, -0.2) is 4.79 Å². The van der Waals surface area contributed by atoms with E-state index in [9.17, 15) is 14.4 Å². The van der Waals surface area contributed by atoms with Crippen LogP contribution in [0.3, 0.4) is 0 Å². The molecule has 2 aliphatic rings. The molecular weight excluding hydrogens is 394 g/mol. The van der Waals surface area contributed by atoms with E-state index in [2.05, 4.69) is 27.9 Å². The highest BCUT2D eigenvalue weighted by molar-refractivity contribution is 6.07. The predicted octanol–water partition coefficient (Wildman–Crippen LogP) is 2.42. The van der Waals surface area contributed by atoms with Gasteiger partial charge in [0.2, 0.25) is 5.91 Å². The van der Waals surface area contributed by atoms with E-state index in [-0.39, 0.29) is 30.8 Å². The summed E-state index contributed by atoms with van der Waals surface area (Å²) >= 11 is 0. The minimum absolute atomic E-state index is 0.0888. The van der Waals surface area contributed by atoms with Crippen LogP contribution in [-0.4, -0.2) is 44.6 Å². The van der Waals surface area contributed by atoms with Crippen LogP contribution in [0.1, 0.15) is 54.6 Å². The quantitative estimate of drug-likeness (QED) is 0.669. The van der Waals surface area contributed by atoms with Crippen LogP contribution in [0.5, 0.6) is 0 Å². The molecule has 8 nitrogen and oxygen atoms in total. The van der Waals surface area contributed by atoms with Crippen molar-refractivity contribution in [2.45, 2.75) is 64.6 Å². The van der Waals surface area contributed by atoms with Gasteiger partial charge in [0.05, 0.1) is 12.2 Å². The van der Waals surface area contributed by atoms with Gasteiger partial charge in [-0.2, -0.15) is 5.10 Å². The molecule has 1 saturated carbocycles. The van der Waals surface area contributed by atoms with E-state index in [0.29, 0.717) is 25.9 Å². The van der Waals surface area contributed by atoms with Crippen molar-refractivity contribution in [3.8, 4) is 0 Å². The summed E-state index contributed by atoms with van der Waals surface area (Å²) in [5.74, 6) is -0.376. The smallest absolute Gasteiger partial charge is 0.325 e. The van der Waals surface area contributed by atoms with Crippen LogP contribution in [0, 0.1) is 13.8 Å². The molecule has 1 spiro atoms. The number of amides is 4. The van der Waals surface area contributed by atoms with Crippen molar-refractivity contribution in [3.63, 3.8) is 0 Å². The maximum atomic E-state index is 12.7. The Morgan fingerprint density at radius 1 is 1.16 bits per heavy atom. The number of imide groups is 1. The Hall–Kier alpha value is -3.16. The lowest BCUT2D eigenvalue weighted by atomic mass is 9.98. The molecule has 0 bridgehead atoms. The number of rotatable bonds is 7. The second-order valence-electron chi connectivity index (χ2n) is 8.50. The third-order valence-corrected chi connectivity index (χ3v) is 6.43. The van der Waals surface area contributed by atoms with Crippen LogP contribution in [0.25, 0.3) is 0 Å². The first kappa shape index (κ1) is 21.1. The Bertz CT molecular complexity index is 992. The summed E-state index contributed by atoms with van der Waals surface area (Å²) in [6.07, 6.45) is 3.34. The molecule has 4 rings (SSSR count). The lowest BCUT2D eigenvalue weighted by molar-refractivity contribution is -0.131. The zero-order chi connectivity index (χ0) is 22.0. The fraction of sp³-hybridized carbons (Fsp3) is 0.478. The van der Waals surface area contributed by atoms with Crippen LogP contribution < -0.4 is 10.6 Å². The molecule has 1 aromatic carbocycles. The molecule has 1 aromatic heterocycles. The summed E-state index contributed by atoms with van der Waals surface area (Å²) in [7, 11) is 0. The average molecular weight is 424 g/mol. The highest BCUT2D eigenvalue weighted by Gasteiger charge is 2.52. The van der Waals surface area contributed by atoms with Gasteiger partial charge in [-0.05, 0) is 32.3 Å². The maximum Gasteiger partial charge on any atom is 0.325 e. The summed E-state index contributed by atoms with van der Waals surface area (Å²) in [5, 5.41) is 10.4. The topological polar surface area (TPSA) is 96.3 Å². The number of carbonyl (C=O) groups excluding carboxylic acids is 3. The number of nitrogens with one attached hydrogen (secondary N) is 2. The number of aryl methyl sites for hydroxylation is 1. The molecule has 0 unspecified atom stereocenters. The number of hydrogen-bond acceptors (Lipinski definition) is 4. The fourth-order valence-corrected chi connectivity index (χ4v) is 4.59. The molecule has 1 aliphatic heterocycles. The molecular formula is C23H29N5O3. The number of hydrogen-bond donors (Lipinski definition) is 2. The number of benzene rings is 1. The Balaban J connectivity index is 1.31. The zero-order valence-electron chi connectivity index (χ0n) is 18.1. The number of nitrogens with zero attached hydrogens (tertiary/aromatic N) is 3. The third-order valence-electron chi connectivity index (χ3n) is 6.43. The Morgan fingerprint density at radius 3 is 2.58 bits per heavy atom. The molecule has 4 amide bonds. The van der Waals surface area contributed by atoms with Gasteiger partial charge in [0.1, 0.15) is 5.54 Å². The second-order valence-corrected chi connectivity index (χ2v) is 8.50. The van der Waals surface area contributed by atoms with Gasteiger partial charge in [-0.15, -0.1) is 0 Å². The van der Waals surface area contributed by atoms with Crippen molar-refractivity contribution in [1.82, 2.24) is 25.3 Å². The maximum absolute atomic E-state index is 12.7. The summed E-state index contributed by atoms with van der Waals surface area (Å²) in [5.41, 5.74) is 3.32. The largest absolute Gasteiger partial charge is 0.352 e. The van der Waals surface area contributed by atoms with E-state index in [1.807, 2.05) is 36.7 Å². The molecule has 2 aromatic rings. The minimum Gasteiger partial charge on any atom is -0.352 e. The van der Waals surface area contributed by atoms with E-state index in [1.165, 1.54) is 4.90 Å². The summed E-state index contributed by atoms with van der Waals surface area (Å²) in [6.45, 7) is 5.08. The van der Waals surface area contributed by atoms with E-state index in [0.717, 1.165) is 35.4 Å². The van der Waals surface area contributed by atoms with Crippen LogP contribution in [-0.2, 0) is 22.7 Å². The average Bonchev–Trinajstić information content (AvgIpc) is 3.39. The van der Waals surface area contributed by atoms with Gasteiger partial charge in [0.15, 0.2) is 0 Å². The van der Waals surface area contributed by atoms with Crippen molar-refractivity contribution in [2.75, 3.05) is 6.54 Å². The number of carbonyl (C=O) groups is 3. The lowest BCUT2D eigenvalue weighted by Gasteiger charge is -2.19. The lowest BCUT2D eigenvalue weighted by Crippen LogP contribution is -2.44. The molecule has 1 aliphatic carbocycles. The van der Waals surface area contributed by atoms with E-state index < -0.39 is 5.54 Å². The summed E-state index contributed by atoms with van der Waals surface area (Å²) in [4.78, 5) is 38.5. The summed E-state index contributed by atoms with van der Waals surface area (Å²) < 4.78 is 1.94. The van der Waals surface area contributed by atoms with Crippen LogP contribution in [0.2, 0.25) is 0 Å². The van der Waals surface area contributed by atoms with Crippen molar-refractivity contribution >= 4 is 17.8 Å². The Kier molecular flexibility index (Phi) is 5.80. The molecule has 0 radical (unpaired) electrons. The molecule has 2 fully saturated rings. The van der Waals surface area contributed by atoms with Gasteiger partial charge in [-0.3, -0.25) is 19.2 Å². The normalized spacial score (nSPS) is 17.4. The van der Waals surface area contributed by atoms with E-state index in [1.54, 1.807) is 0 Å². The Labute approximate surface area is 182 Å². The van der Waals surface area contributed by atoms with Crippen LogP contribution in [0.4, 0.5) is 4.79 Å². The monoisotopic (exact) mass is 423 g/mol. The molecule has 31 heavy (non-hydrogen) atoms. The number of urea groups is 1. The van der Waals surface area contributed by atoms with Crippen molar-refractivity contribution in [1.29, 1.82) is 0 Å². The van der Waals surface area contributed by atoms with Crippen molar-refractivity contribution < 1.29 is 14.4 Å². The zero-order valence-corrected chi connectivity index (χ0v) is 18.1. The fourth-order valence-electron chi connectivity index (χ4n) is 4.59. The van der Waals surface area contributed by atoms with E-state index >= 15 is 0 Å². The minimum atomic E-state index is -0.727. The molecule has 164 valence electrons. The highest BCUT2D eigenvalue weighted by Crippen LogP contribution is 2.35. The first-order valence-electron chi connectivity index (χ1n) is 10.9. The third kappa shape index (κ3) is 4.19. The molecule has 1 saturated heterocycles. The first-order chi connectivity index (χ1) is 14.9. The number of aromatic nitrogens is 2. The van der Waals surface area contributed by atoms with Gasteiger partial charge in [-0.1, -0.05) is 43.2 Å². The summed E-state index contributed by atoms with van der Waals surface area (Å²) in [6, 6.07) is 9.73.